The highest BCUT2D eigenvalue weighted by Crippen LogP contribution is 2.63. The zero-order valence-electron chi connectivity index (χ0n) is 15.2. The lowest BCUT2D eigenvalue weighted by Crippen LogP contribution is -2.60. The van der Waals surface area contributed by atoms with E-state index in [9.17, 15) is 4.79 Å². The predicted molar refractivity (Wildman–Crippen MR) is 101 cm³/mol. The minimum absolute atomic E-state index is 0.102. The summed E-state index contributed by atoms with van der Waals surface area (Å²) in [6.07, 6.45) is 12.0. The van der Waals surface area contributed by atoms with Crippen molar-refractivity contribution in [2.24, 2.45) is 17.3 Å². The summed E-state index contributed by atoms with van der Waals surface area (Å²) in [7, 11) is 0. The van der Waals surface area contributed by atoms with Crippen molar-refractivity contribution >= 4 is 23.5 Å². The van der Waals surface area contributed by atoms with Gasteiger partial charge in [0.25, 0.3) is 0 Å². The number of aromatic nitrogens is 2. The molecule has 0 aromatic carbocycles. The summed E-state index contributed by atoms with van der Waals surface area (Å²) in [6.45, 7) is 1.79. The minimum Gasteiger partial charge on any atom is -0.353 e. The first-order valence-corrected chi connectivity index (χ1v) is 10.4. The van der Waals surface area contributed by atoms with E-state index in [0.29, 0.717) is 11.8 Å². The average Bonchev–Trinajstić information content (AvgIpc) is 2.61. The van der Waals surface area contributed by atoms with Gasteiger partial charge in [-0.05, 0) is 69.3 Å². The number of nitrogens with zero attached hydrogens (tertiary/aromatic N) is 3. The van der Waals surface area contributed by atoms with Crippen LogP contribution in [0.2, 0.25) is 0 Å². The highest BCUT2D eigenvalue weighted by atomic mass is 35.5. The molecule has 1 saturated heterocycles. The van der Waals surface area contributed by atoms with E-state index in [2.05, 4.69) is 20.2 Å². The Morgan fingerprint density at radius 1 is 1.12 bits per heavy atom. The lowest BCUT2D eigenvalue weighted by atomic mass is 9.49. The summed E-state index contributed by atoms with van der Waals surface area (Å²) < 4.78 is 0. The van der Waals surface area contributed by atoms with E-state index in [4.69, 9.17) is 11.6 Å². The van der Waals surface area contributed by atoms with Crippen LogP contribution in [0.1, 0.15) is 51.4 Å². The molecule has 1 amide bonds. The number of carbonyl (C=O) groups excluding carboxylic acids is 1. The highest BCUT2D eigenvalue weighted by Gasteiger charge is 2.60. The molecule has 1 aromatic rings. The van der Waals surface area contributed by atoms with Crippen molar-refractivity contribution in [3.8, 4) is 0 Å². The van der Waals surface area contributed by atoms with Crippen molar-refractivity contribution in [1.82, 2.24) is 15.3 Å². The summed E-state index contributed by atoms with van der Waals surface area (Å²) in [5.41, 5.74) is -0.189. The van der Waals surface area contributed by atoms with Crippen molar-refractivity contribution in [2.75, 3.05) is 18.0 Å². The molecule has 6 heteroatoms. The first-order chi connectivity index (χ1) is 12.5. The van der Waals surface area contributed by atoms with Crippen LogP contribution in [0.5, 0.6) is 0 Å². The van der Waals surface area contributed by atoms with E-state index in [1.54, 1.807) is 12.4 Å². The van der Waals surface area contributed by atoms with Gasteiger partial charge in [-0.1, -0.05) is 0 Å². The molecule has 6 rings (SSSR count). The van der Waals surface area contributed by atoms with Crippen LogP contribution >= 0.6 is 11.6 Å². The minimum atomic E-state index is -0.189. The fraction of sp³-hybridized carbons (Fsp3) is 0.750. The number of piperidine rings is 1. The topological polar surface area (TPSA) is 58.1 Å². The third-order valence-corrected chi connectivity index (χ3v) is 7.58. The molecule has 0 radical (unpaired) electrons. The fourth-order valence-electron chi connectivity index (χ4n) is 6.43. The van der Waals surface area contributed by atoms with Gasteiger partial charge in [0.05, 0.1) is 5.41 Å². The van der Waals surface area contributed by atoms with E-state index >= 15 is 0 Å². The Hall–Kier alpha value is -1.36. The molecule has 5 aliphatic rings. The van der Waals surface area contributed by atoms with Crippen LogP contribution in [-0.4, -0.2) is 39.9 Å². The number of hydrogen-bond acceptors (Lipinski definition) is 4. The molecule has 2 atom stereocenters. The number of halogens is 1. The van der Waals surface area contributed by atoms with Crippen molar-refractivity contribution in [3.63, 3.8) is 0 Å². The van der Waals surface area contributed by atoms with E-state index < -0.39 is 0 Å². The molecule has 1 aromatic heterocycles. The quantitative estimate of drug-likeness (QED) is 0.826. The first kappa shape index (κ1) is 16.8. The van der Waals surface area contributed by atoms with Gasteiger partial charge < -0.3 is 10.2 Å². The normalized spacial score (nSPS) is 39.2. The van der Waals surface area contributed by atoms with Gasteiger partial charge in [0.1, 0.15) is 0 Å². The SMILES string of the molecule is O=C(NC1CCN(c2ncccn2)CC1)C12C[C@H]3C[C@@H](CC(Cl)(C3)C1)C2. The van der Waals surface area contributed by atoms with Crippen LogP contribution < -0.4 is 10.2 Å². The van der Waals surface area contributed by atoms with Crippen LogP contribution in [0.25, 0.3) is 0 Å². The average molecular weight is 375 g/mol. The van der Waals surface area contributed by atoms with Gasteiger partial charge in [0, 0.05) is 36.4 Å². The van der Waals surface area contributed by atoms with Crippen LogP contribution in [0.15, 0.2) is 18.5 Å². The summed E-state index contributed by atoms with van der Waals surface area (Å²) in [5, 5.41) is 3.40. The molecule has 1 aliphatic heterocycles. The first-order valence-electron chi connectivity index (χ1n) is 10.1. The second-order valence-electron chi connectivity index (χ2n) is 9.18. The van der Waals surface area contributed by atoms with Crippen molar-refractivity contribution in [1.29, 1.82) is 0 Å². The van der Waals surface area contributed by atoms with Gasteiger partial charge in [0.2, 0.25) is 11.9 Å². The zero-order chi connectivity index (χ0) is 17.8. The maximum atomic E-state index is 13.3. The molecule has 0 unspecified atom stereocenters. The largest absolute Gasteiger partial charge is 0.353 e. The molecule has 4 bridgehead atoms. The Balaban J connectivity index is 1.22. The molecular weight excluding hydrogens is 348 g/mol. The third-order valence-electron chi connectivity index (χ3n) is 7.14. The molecule has 2 heterocycles. The second-order valence-corrected chi connectivity index (χ2v) is 9.98. The predicted octanol–water partition coefficient (Wildman–Crippen LogP) is 3.14. The summed E-state index contributed by atoms with van der Waals surface area (Å²) in [6, 6.07) is 2.10. The standard InChI is InChI=1S/C20H27ClN4O/c21-20-11-14-8-15(12-20)10-19(9-14,13-20)17(26)24-16-2-6-25(7-3-16)18-22-4-1-5-23-18/h1,4-5,14-16H,2-3,6-13H2,(H,24,26)/t14-,15-,19?,20?/m1/s1. The molecule has 4 saturated carbocycles. The Morgan fingerprint density at radius 2 is 1.77 bits per heavy atom. The maximum absolute atomic E-state index is 13.3. The molecular formula is C20H27ClN4O. The molecule has 0 spiro atoms. The number of hydrogen-bond donors (Lipinski definition) is 1. The van der Waals surface area contributed by atoms with Gasteiger partial charge in [0.15, 0.2) is 0 Å². The van der Waals surface area contributed by atoms with Gasteiger partial charge in [-0.2, -0.15) is 0 Å². The van der Waals surface area contributed by atoms with Crippen molar-refractivity contribution in [3.05, 3.63) is 18.5 Å². The summed E-state index contributed by atoms with van der Waals surface area (Å²) in [4.78, 5) is 24.0. The lowest BCUT2D eigenvalue weighted by Gasteiger charge is -2.59. The number of nitrogens with one attached hydrogen (secondary N) is 1. The maximum Gasteiger partial charge on any atom is 0.226 e. The van der Waals surface area contributed by atoms with E-state index in [1.807, 2.05) is 6.07 Å². The Kier molecular flexibility index (Phi) is 3.93. The molecule has 1 N–H and O–H groups in total. The van der Waals surface area contributed by atoms with Crippen LogP contribution in [-0.2, 0) is 4.79 Å². The number of amides is 1. The van der Waals surface area contributed by atoms with Crippen LogP contribution in [0.3, 0.4) is 0 Å². The van der Waals surface area contributed by atoms with Gasteiger partial charge in [-0.15, -0.1) is 11.6 Å². The Bertz CT molecular complexity index is 674. The van der Waals surface area contributed by atoms with Crippen molar-refractivity contribution < 1.29 is 4.79 Å². The zero-order valence-corrected chi connectivity index (χ0v) is 15.9. The summed E-state index contributed by atoms with van der Waals surface area (Å²) in [5.74, 6) is 2.40. The Labute approximate surface area is 159 Å². The van der Waals surface area contributed by atoms with E-state index in [0.717, 1.165) is 64.0 Å². The van der Waals surface area contributed by atoms with E-state index in [-0.39, 0.29) is 22.2 Å². The third kappa shape index (κ3) is 2.88. The fourth-order valence-corrected chi connectivity index (χ4v) is 7.13. The molecule has 4 aliphatic carbocycles. The second kappa shape index (κ2) is 6.08. The van der Waals surface area contributed by atoms with E-state index in [1.165, 1.54) is 6.42 Å². The number of rotatable bonds is 3. The van der Waals surface area contributed by atoms with Crippen molar-refractivity contribution in [2.45, 2.75) is 62.3 Å². The molecule has 26 heavy (non-hydrogen) atoms. The smallest absolute Gasteiger partial charge is 0.226 e. The monoisotopic (exact) mass is 374 g/mol. The summed E-state index contributed by atoms with van der Waals surface area (Å²) >= 11 is 6.89. The van der Waals surface area contributed by atoms with Gasteiger partial charge >= 0.3 is 0 Å². The molecule has 5 fully saturated rings. The number of alkyl halides is 1. The number of anilines is 1. The molecule has 5 nitrogen and oxygen atoms in total. The highest BCUT2D eigenvalue weighted by molar-refractivity contribution is 6.24. The van der Waals surface area contributed by atoms with Gasteiger partial charge in [-0.3, -0.25) is 4.79 Å². The molecule has 140 valence electrons. The van der Waals surface area contributed by atoms with Gasteiger partial charge in [-0.25, -0.2) is 9.97 Å². The van der Waals surface area contributed by atoms with Crippen LogP contribution in [0, 0.1) is 17.3 Å². The Morgan fingerprint density at radius 3 is 2.38 bits per heavy atom. The van der Waals surface area contributed by atoms with Crippen LogP contribution in [0.4, 0.5) is 5.95 Å². The lowest BCUT2D eigenvalue weighted by molar-refractivity contribution is -0.145. The number of carbonyl (C=O) groups is 1.